The summed E-state index contributed by atoms with van der Waals surface area (Å²) in [7, 11) is 0. The smallest absolute Gasteiger partial charge is 0.305 e. The highest BCUT2D eigenvalue weighted by atomic mass is 19.1. The van der Waals surface area contributed by atoms with Gasteiger partial charge in [0.1, 0.15) is 11.6 Å². The molecule has 7 heteroatoms. The molecule has 0 aliphatic carbocycles. The Labute approximate surface area is 139 Å². The molecule has 0 bridgehead atoms. The van der Waals surface area contributed by atoms with Crippen molar-refractivity contribution in [2.45, 2.75) is 44.1 Å². The molecule has 5 nitrogen and oxygen atoms in total. The van der Waals surface area contributed by atoms with E-state index in [1.165, 1.54) is 6.07 Å². The fraction of sp³-hybridized carbons (Fsp3) is 0.529. The van der Waals surface area contributed by atoms with E-state index in [1.54, 1.807) is 6.92 Å². The van der Waals surface area contributed by atoms with Crippen LogP contribution in [0.2, 0.25) is 0 Å². The molecular formula is C17H21F2NO4. The molecule has 0 saturated carbocycles. The molecule has 1 saturated heterocycles. The number of carbonyl (C=O) groups is 2. The average molecular weight is 341 g/mol. The van der Waals surface area contributed by atoms with Gasteiger partial charge in [-0.15, -0.1) is 0 Å². The number of carboxylic acid groups (broad SMARTS) is 1. The monoisotopic (exact) mass is 341 g/mol. The number of aliphatic carboxylic acids is 1. The van der Waals surface area contributed by atoms with Gasteiger partial charge in [0.15, 0.2) is 0 Å². The van der Waals surface area contributed by atoms with Crippen LogP contribution in [0, 0.1) is 11.6 Å². The van der Waals surface area contributed by atoms with E-state index in [2.05, 4.69) is 5.32 Å². The minimum Gasteiger partial charge on any atom is -0.481 e. The molecule has 1 atom stereocenters. The second-order valence-corrected chi connectivity index (χ2v) is 6.28. The maximum absolute atomic E-state index is 13.8. The van der Waals surface area contributed by atoms with Crippen molar-refractivity contribution in [2.75, 3.05) is 13.2 Å². The summed E-state index contributed by atoms with van der Waals surface area (Å²) in [5.41, 5.74) is -0.576. The van der Waals surface area contributed by atoms with Crippen molar-refractivity contribution in [1.82, 2.24) is 5.32 Å². The first-order chi connectivity index (χ1) is 11.3. The van der Waals surface area contributed by atoms with E-state index in [0.717, 1.165) is 12.1 Å². The molecule has 132 valence electrons. The fourth-order valence-corrected chi connectivity index (χ4v) is 3.03. The summed E-state index contributed by atoms with van der Waals surface area (Å²) in [4.78, 5) is 23.4. The molecule has 1 amide bonds. The van der Waals surface area contributed by atoms with Crippen LogP contribution >= 0.6 is 0 Å². The van der Waals surface area contributed by atoms with E-state index >= 15 is 0 Å². The highest BCUT2D eigenvalue weighted by molar-refractivity contribution is 5.79. The molecule has 0 aromatic heterocycles. The van der Waals surface area contributed by atoms with Crippen LogP contribution in [0.15, 0.2) is 18.2 Å². The number of amides is 1. The Morgan fingerprint density at radius 1 is 1.33 bits per heavy atom. The Morgan fingerprint density at radius 2 is 2.00 bits per heavy atom. The highest BCUT2D eigenvalue weighted by Crippen LogP contribution is 2.27. The predicted molar refractivity (Wildman–Crippen MR) is 82.6 cm³/mol. The van der Waals surface area contributed by atoms with Crippen LogP contribution in [-0.4, -0.2) is 35.7 Å². The minimum absolute atomic E-state index is 0.00915. The maximum Gasteiger partial charge on any atom is 0.305 e. The Balaban J connectivity index is 2.03. The number of benzene rings is 1. The van der Waals surface area contributed by atoms with Gasteiger partial charge in [-0.2, -0.15) is 0 Å². The molecule has 24 heavy (non-hydrogen) atoms. The third-order valence-electron chi connectivity index (χ3n) is 4.33. The van der Waals surface area contributed by atoms with Crippen molar-refractivity contribution in [3.05, 3.63) is 35.4 Å². The van der Waals surface area contributed by atoms with Crippen LogP contribution in [0.5, 0.6) is 0 Å². The first kappa shape index (κ1) is 18.3. The number of carbonyl (C=O) groups excluding carboxylic acids is 1. The number of hydrogen-bond acceptors (Lipinski definition) is 3. The lowest BCUT2D eigenvalue weighted by atomic mass is 9.86. The van der Waals surface area contributed by atoms with E-state index in [1.807, 2.05) is 0 Å². The molecule has 1 aromatic carbocycles. The van der Waals surface area contributed by atoms with E-state index in [-0.39, 0.29) is 24.3 Å². The summed E-state index contributed by atoms with van der Waals surface area (Å²) in [6.07, 6.45) is 0.654. The SMILES string of the molecule is CC(CC(=O)NC1(CC(=O)O)CCOCC1)c1ccc(F)cc1F. The average Bonchev–Trinajstić information content (AvgIpc) is 2.46. The third-order valence-corrected chi connectivity index (χ3v) is 4.33. The first-order valence-electron chi connectivity index (χ1n) is 7.87. The van der Waals surface area contributed by atoms with Gasteiger partial charge in [0.25, 0.3) is 0 Å². The number of ether oxygens (including phenoxy) is 1. The first-order valence-corrected chi connectivity index (χ1v) is 7.87. The standard InChI is InChI=1S/C17H21F2NO4/c1-11(13-3-2-12(18)9-14(13)19)8-15(21)20-17(10-16(22)23)4-6-24-7-5-17/h2-3,9,11H,4-8,10H2,1H3,(H,20,21)(H,22,23). The molecule has 1 unspecified atom stereocenters. The summed E-state index contributed by atoms with van der Waals surface area (Å²) in [6, 6.07) is 3.26. The van der Waals surface area contributed by atoms with Crippen molar-refractivity contribution < 1.29 is 28.2 Å². The number of rotatable bonds is 6. The van der Waals surface area contributed by atoms with Crippen molar-refractivity contribution >= 4 is 11.9 Å². The second-order valence-electron chi connectivity index (χ2n) is 6.28. The fourth-order valence-electron chi connectivity index (χ4n) is 3.03. The van der Waals surface area contributed by atoms with Crippen molar-refractivity contribution in [3.8, 4) is 0 Å². The third kappa shape index (κ3) is 4.74. The van der Waals surface area contributed by atoms with E-state index in [0.29, 0.717) is 26.1 Å². The van der Waals surface area contributed by atoms with Crippen LogP contribution < -0.4 is 5.32 Å². The van der Waals surface area contributed by atoms with Crippen molar-refractivity contribution in [2.24, 2.45) is 0 Å². The largest absolute Gasteiger partial charge is 0.481 e. The van der Waals surface area contributed by atoms with E-state index in [9.17, 15) is 18.4 Å². The van der Waals surface area contributed by atoms with Gasteiger partial charge < -0.3 is 15.2 Å². The Bertz CT molecular complexity index is 615. The van der Waals surface area contributed by atoms with Gasteiger partial charge in [0.2, 0.25) is 5.91 Å². The van der Waals surface area contributed by atoms with Gasteiger partial charge in [0, 0.05) is 25.7 Å². The number of hydrogen-bond donors (Lipinski definition) is 2. The van der Waals surface area contributed by atoms with Gasteiger partial charge in [-0.25, -0.2) is 8.78 Å². The lowest BCUT2D eigenvalue weighted by Crippen LogP contribution is -2.53. The van der Waals surface area contributed by atoms with Crippen LogP contribution in [0.1, 0.15) is 44.1 Å². The van der Waals surface area contributed by atoms with Gasteiger partial charge in [-0.05, 0) is 30.4 Å². The lowest BCUT2D eigenvalue weighted by Gasteiger charge is -2.37. The summed E-state index contributed by atoms with van der Waals surface area (Å²) in [5, 5.41) is 11.9. The summed E-state index contributed by atoms with van der Waals surface area (Å²) >= 11 is 0. The zero-order valence-electron chi connectivity index (χ0n) is 13.5. The normalized spacial score (nSPS) is 18.0. The highest BCUT2D eigenvalue weighted by Gasteiger charge is 2.36. The molecule has 1 aromatic rings. The Kier molecular flexibility index (Phi) is 5.88. The molecular weight excluding hydrogens is 320 g/mol. The lowest BCUT2D eigenvalue weighted by molar-refractivity contribution is -0.140. The van der Waals surface area contributed by atoms with Gasteiger partial charge in [0.05, 0.1) is 12.0 Å². The molecule has 2 rings (SSSR count). The molecule has 1 fully saturated rings. The maximum atomic E-state index is 13.8. The van der Waals surface area contributed by atoms with Crippen molar-refractivity contribution in [1.29, 1.82) is 0 Å². The zero-order chi connectivity index (χ0) is 17.7. The van der Waals surface area contributed by atoms with E-state index < -0.39 is 29.1 Å². The minimum atomic E-state index is -0.991. The van der Waals surface area contributed by atoms with Crippen molar-refractivity contribution in [3.63, 3.8) is 0 Å². The molecule has 1 heterocycles. The second kappa shape index (κ2) is 7.70. The van der Waals surface area contributed by atoms with E-state index in [4.69, 9.17) is 9.84 Å². The predicted octanol–water partition coefficient (Wildman–Crippen LogP) is 2.60. The quantitative estimate of drug-likeness (QED) is 0.834. The number of nitrogens with one attached hydrogen (secondary N) is 1. The van der Waals surface area contributed by atoms with Gasteiger partial charge >= 0.3 is 5.97 Å². The van der Waals surface area contributed by atoms with Gasteiger partial charge in [-0.3, -0.25) is 9.59 Å². The Hall–Kier alpha value is -2.02. The van der Waals surface area contributed by atoms with Gasteiger partial charge in [-0.1, -0.05) is 13.0 Å². The molecule has 0 spiro atoms. The molecule has 1 aliphatic heterocycles. The molecule has 2 N–H and O–H groups in total. The molecule has 0 radical (unpaired) electrons. The zero-order valence-corrected chi connectivity index (χ0v) is 13.5. The van der Waals surface area contributed by atoms with Crippen LogP contribution in [-0.2, 0) is 14.3 Å². The van der Waals surface area contributed by atoms with Crippen LogP contribution in [0.25, 0.3) is 0 Å². The summed E-state index contributed by atoms with van der Waals surface area (Å²) < 4.78 is 32.0. The van der Waals surface area contributed by atoms with Crippen LogP contribution in [0.3, 0.4) is 0 Å². The summed E-state index contributed by atoms with van der Waals surface area (Å²) in [5.74, 6) is -3.16. The number of carboxylic acids is 1. The van der Waals surface area contributed by atoms with Crippen LogP contribution in [0.4, 0.5) is 8.78 Å². The topological polar surface area (TPSA) is 75.6 Å². The Morgan fingerprint density at radius 3 is 2.58 bits per heavy atom. The number of halogens is 2. The molecule has 1 aliphatic rings. The summed E-state index contributed by atoms with van der Waals surface area (Å²) in [6.45, 7) is 2.44.